The summed E-state index contributed by atoms with van der Waals surface area (Å²) in [5.41, 5.74) is 3.60. The summed E-state index contributed by atoms with van der Waals surface area (Å²) in [4.78, 5) is 4.18. The van der Waals surface area contributed by atoms with Gasteiger partial charge in [0.25, 0.3) is 0 Å². The van der Waals surface area contributed by atoms with Crippen molar-refractivity contribution in [3.05, 3.63) is 65.0 Å². The van der Waals surface area contributed by atoms with E-state index in [2.05, 4.69) is 36.2 Å². The van der Waals surface area contributed by atoms with E-state index in [0.29, 0.717) is 5.69 Å². The van der Waals surface area contributed by atoms with Crippen LogP contribution in [-0.2, 0) is 0 Å². The molecule has 0 amide bonds. The number of hydrogen-bond donors (Lipinski definition) is 0. The maximum absolute atomic E-state index is 8.74. The molecule has 0 aliphatic carbocycles. The predicted octanol–water partition coefficient (Wildman–Crippen LogP) is 3.43. The quantitative estimate of drug-likeness (QED) is 0.777. The van der Waals surface area contributed by atoms with Gasteiger partial charge in [0.1, 0.15) is 11.8 Å². The number of benzene rings is 1. The topological polar surface area (TPSA) is 36.7 Å². The van der Waals surface area contributed by atoms with Gasteiger partial charge in [-0.1, -0.05) is 42.0 Å². The molecule has 2 heteroatoms. The van der Waals surface area contributed by atoms with Crippen molar-refractivity contribution in [1.29, 1.82) is 5.26 Å². The molecule has 1 aromatic heterocycles. The molecule has 0 N–H and O–H groups in total. The lowest BCUT2D eigenvalue weighted by atomic mass is 10.1. The van der Waals surface area contributed by atoms with E-state index in [1.807, 2.05) is 30.4 Å². The van der Waals surface area contributed by atoms with E-state index in [1.165, 1.54) is 5.56 Å². The lowest BCUT2D eigenvalue weighted by Gasteiger charge is -1.95. The molecule has 17 heavy (non-hydrogen) atoms. The monoisotopic (exact) mass is 220 g/mol. The second-order valence-corrected chi connectivity index (χ2v) is 3.80. The molecule has 0 radical (unpaired) electrons. The fourth-order valence-corrected chi connectivity index (χ4v) is 1.47. The Labute approximate surface area is 101 Å². The van der Waals surface area contributed by atoms with Crippen molar-refractivity contribution in [2.75, 3.05) is 0 Å². The summed E-state index contributed by atoms with van der Waals surface area (Å²) in [5, 5.41) is 8.74. The van der Waals surface area contributed by atoms with Gasteiger partial charge in [0.2, 0.25) is 0 Å². The Bertz CT molecular complexity index is 575. The van der Waals surface area contributed by atoms with Crippen molar-refractivity contribution in [3.8, 4) is 6.07 Å². The van der Waals surface area contributed by atoms with E-state index in [0.717, 1.165) is 11.3 Å². The highest BCUT2D eigenvalue weighted by Crippen LogP contribution is 2.08. The van der Waals surface area contributed by atoms with E-state index in [-0.39, 0.29) is 0 Å². The van der Waals surface area contributed by atoms with Crippen LogP contribution >= 0.6 is 0 Å². The summed E-state index contributed by atoms with van der Waals surface area (Å²) in [6.45, 7) is 2.06. The summed E-state index contributed by atoms with van der Waals surface area (Å²) in [7, 11) is 0. The van der Waals surface area contributed by atoms with Crippen LogP contribution in [0.1, 0.15) is 22.5 Å². The number of aryl methyl sites for hydroxylation is 1. The third kappa shape index (κ3) is 3.02. The molecule has 0 unspecified atom stereocenters. The van der Waals surface area contributed by atoms with Crippen molar-refractivity contribution in [3.63, 3.8) is 0 Å². The SMILES string of the molecule is Cc1ccc(/C=C/c2cccc(C#N)n2)cc1. The second kappa shape index (κ2) is 5.09. The van der Waals surface area contributed by atoms with E-state index in [9.17, 15) is 0 Å². The predicted molar refractivity (Wildman–Crippen MR) is 69.1 cm³/mol. The lowest BCUT2D eigenvalue weighted by molar-refractivity contribution is 1.24. The molecule has 0 saturated heterocycles. The van der Waals surface area contributed by atoms with Gasteiger partial charge in [-0.15, -0.1) is 0 Å². The minimum Gasteiger partial charge on any atom is -0.238 e. The molecule has 1 aromatic carbocycles. The molecule has 0 aliphatic rings. The minimum atomic E-state index is 0.441. The molecule has 0 bridgehead atoms. The third-order valence-corrected chi connectivity index (χ3v) is 2.41. The molecule has 2 nitrogen and oxygen atoms in total. The van der Waals surface area contributed by atoms with Crippen LogP contribution in [0.25, 0.3) is 12.2 Å². The van der Waals surface area contributed by atoms with Gasteiger partial charge < -0.3 is 0 Å². The van der Waals surface area contributed by atoms with Gasteiger partial charge in [-0.05, 0) is 30.7 Å². The number of aromatic nitrogens is 1. The maximum Gasteiger partial charge on any atom is 0.141 e. The van der Waals surface area contributed by atoms with Crippen molar-refractivity contribution < 1.29 is 0 Å². The lowest BCUT2D eigenvalue weighted by Crippen LogP contribution is -1.84. The van der Waals surface area contributed by atoms with Gasteiger partial charge in [-0.3, -0.25) is 0 Å². The van der Waals surface area contributed by atoms with Crippen LogP contribution in [0.4, 0.5) is 0 Å². The van der Waals surface area contributed by atoms with Crippen molar-refractivity contribution in [1.82, 2.24) is 4.98 Å². The molecular formula is C15H12N2. The first-order valence-electron chi connectivity index (χ1n) is 5.40. The summed E-state index contributed by atoms with van der Waals surface area (Å²) in [6, 6.07) is 15.7. The van der Waals surface area contributed by atoms with E-state index < -0.39 is 0 Å². The zero-order valence-electron chi connectivity index (χ0n) is 9.59. The van der Waals surface area contributed by atoms with Crippen LogP contribution in [0.5, 0.6) is 0 Å². The average Bonchev–Trinajstić information content (AvgIpc) is 2.38. The Morgan fingerprint density at radius 2 is 1.82 bits per heavy atom. The van der Waals surface area contributed by atoms with Crippen LogP contribution in [0.3, 0.4) is 0 Å². The minimum absolute atomic E-state index is 0.441. The fraction of sp³-hybridized carbons (Fsp3) is 0.0667. The van der Waals surface area contributed by atoms with Crippen LogP contribution in [0, 0.1) is 18.3 Å². The second-order valence-electron chi connectivity index (χ2n) is 3.80. The number of pyridine rings is 1. The Hall–Kier alpha value is -2.40. The Morgan fingerprint density at radius 3 is 2.53 bits per heavy atom. The molecule has 2 rings (SSSR count). The Balaban J connectivity index is 2.20. The zero-order chi connectivity index (χ0) is 12.1. The van der Waals surface area contributed by atoms with Crippen LogP contribution in [-0.4, -0.2) is 4.98 Å². The number of rotatable bonds is 2. The number of nitriles is 1. The zero-order valence-corrected chi connectivity index (χ0v) is 9.59. The molecule has 82 valence electrons. The summed E-state index contributed by atoms with van der Waals surface area (Å²) >= 11 is 0. The largest absolute Gasteiger partial charge is 0.238 e. The van der Waals surface area contributed by atoms with Crippen LogP contribution in [0.2, 0.25) is 0 Å². The molecule has 0 aliphatic heterocycles. The van der Waals surface area contributed by atoms with Gasteiger partial charge >= 0.3 is 0 Å². The fourth-order valence-electron chi connectivity index (χ4n) is 1.47. The molecule has 0 saturated carbocycles. The molecule has 0 atom stereocenters. The molecule has 0 spiro atoms. The van der Waals surface area contributed by atoms with Crippen LogP contribution in [0.15, 0.2) is 42.5 Å². The highest BCUT2D eigenvalue weighted by atomic mass is 14.7. The summed E-state index contributed by atoms with van der Waals surface area (Å²) in [6.07, 6.45) is 3.90. The highest BCUT2D eigenvalue weighted by Gasteiger charge is 1.92. The molecular weight excluding hydrogens is 208 g/mol. The number of hydrogen-bond acceptors (Lipinski definition) is 2. The summed E-state index contributed by atoms with van der Waals surface area (Å²) < 4.78 is 0. The van der Waals surface area contributed by atoms with Crippen LogP contribution < -0.4 is 0 Å². The standard InChI is InChI=1S/C15H12N2/c1-12-5-7-13(8-6-12)9-10-14-3-2-4-15(11-16)17-14/h2-10H,1H3/b10-9+. The summed E-state index contributed by atoms with van der Waals surface area (Å²) in [5.74, 6) is 0. The van der Waals surface area contributed by atoms with Gasteiger partial charge in [0, 0.05) is 0 Å². The Kier molecular flexibility index (Phi) is 3.32. The van der Waals surface area contributed by atoms with E-state index >= 15 is 0 Å². The first kappa shape index (κ1) is 11.1. The molecule has 2 aromatic rings. The van der Waals surface area contributed by atoms with Crippen molar-refractivity contribution in [2.45, 2.75) is 6.92 Å². The first-order chi connectivity index (χ1) is 8.28. The Morgan fingerprint density at radius 1 is 1.06 bits per heavy atom. The van der Waals surface area contributed by atoms with Crippen molar-refractivity contribution in [2.24, 2.45) is 0 Å². The first-order valence-corrected chi connectivity index (χ1v) is 5.40. The van der Waals surface area contributed by atoms with Gasteiger partial charge in [-0.25, -0.2) is 4.98 Å². The highest BCUT2D eigenvalue weighted by molar-refractivity contribution is 5.68. The van der Waals surface area contributed by atoms with Gasteiger partial charge in [0.05, 0.1) is 5.69 Å². The van der Waals surface area contributed by atoms with Gasteiger partial charge in [0.15, 0.2) is 0 Å². The van der Waals surface area contributed by atoms with E-state index in [4.69, 9.17) is 5.26 Å². The normalized spacial score (nSPS) is 10.4. The molecule has 0 fully saturated rings. The van der Waals surface area contributed by atoms with Gasteiger partial charge in [-0.2, -0.15) is 5.26 Å². The molecule has 1 heterocycles. The van der Waals surface area contributed by atoms with Crippen molar-refractivity contribution >= 4 is 12.2 Å². The maximum atomic E-state index is 8.74. The number of nitrogens with zero attached hydrogens (tertiary/aromatic N) is 2. The third-order valence-electron chi connectivity index (χ3n) is 2.41. The average molecular weight is 220 g/mol. The smallest absolute Gasteiger partial charge is 0.141 e. The van der Waals surface area contributed by atoms with E-state index in [1.54, 1.807) is 6.07 Å².